The average Bonchev–Trinajstić information content (AvgIpc) is 3.46. The second-order valence-electron chi connectivity index (χ2n) is 8.08. The molecule has 9 heteroatoms. The summed E-state index contributed by atoms with van der Waals surface area (Å²) in [6, 6.07) is 9.70. The number of benzene rings is 1. The molecular weight excluding hydrogens is 406 g/mol. The summed E-state index contributed by atoms with van der Waals surface area (Å²) in [6.45, 7) is 6.58. The maximum absolute atomic E-state index is 12.6. The summed E-state index contributed by atoms with van der Waals surface area (Å²) in [5.41, 5.74) is 4.12. The van der Waals surface area contributed by atoms with Gasteiger partial charge >= 0.3 is 0 Å². The van der Waals surface area contributed by atoms with Crippen LogP contribution in [0.3, 0.4) is 0 Å². The lowest BCUT2D eigenvalue weighted by molar-refractivity contribution is 0.0714. The third-order valence-corrected chi connectivity index (χ3v) is 5.80. The molecule has 0 spiro atoms. The Bertz CT molecular complexity index is 1270. The molecule has 0 atom stereocenters. The molecule has 0 bridgehead atoms. The minimum atomic E-state index is -0.0881. The first kappa shape index (κ1) is 20.0. The van der Waals surface area contributed by atoms with Gasteiger partial charge in [0.05, 0.1) is 17.8 Å². The van der Waals surface area contributed by atoms with E-state index in [0.717, 1.165) is 28.1 Å². The zero-order valence-corrected chi connectivity index (χ0v) is 18.4. The number of aryl methyl sites for hydroxylation is 3. The normalized spacial score (nSPS) is 14.2. The molecule has 4 heterocycles. The third-order valence-electron chi connectivity index (χ3n) is 5.80. The maximum Gasteiger partial charge on any atom is 0.289 e. The zero-order chi connectivity index (χ0) is 22.2. The van der Waals surface area contributed by atoms with Gasteiger partial charge in [0.1, 0.15) is 5.82 Å². The van der Waals surface area contributed by atoms with Crippen molar-refractivity contribution in [2.24, 2.45) is 7.05 Å². The number of carbonyl (C=O) groups is 1. The second kappa shape index (κ2) is 7.99. The standard InChI is InChI=1S/C23H25N7O2/c1-15-6-7-18(16(2)13-15)25-20-17-14-24-28(3)21(17)27-23(26-20)30-10-8-29(9-11-30)22(31)19-5-4-12-32-19/h4-7,12-14H,8-11H2,1-3H3,(H,25,26,27). The Hall–Kier alpha value is -3.88. The van der Waals surface area contributed by atoms with Crippen molar-refractivity contribution in [2.75, 3.05) is 36.4 Å². The number of carbonyl (C=O) groups excluding carboxylic acids is 1. The Labute approximate surface area is 185 Å². The van der Waals surface area contributed by atoms with Gasteiger partial charge < -0.3 is 19.5 Å². The molecule has 0 unspecified atom stereocenters. The van der Waals surface area contributed by atoms with Crippen LogP contribution in [0.1, 0.15) is 21.7 Å². The SMILES string of the molecule is Cc1ccc(Nc2nc(N3CCN(C(=O)c4ccco4)CC3)nc3c2cnn3C)c(C)c1. The number of nitrogens with one attached hydrogen (secondary N) is 1. The van der Waals surface area contributed by atoms with Gasteiger partial charge in [-0.3, -0.25) is 9.48 Å². The minimum absolute atomic E-state index is 0.0881. The Morgan fingerprint density at radius 1 is 1.09 bits per heavy atom. The van der Waals surface area contributed by atoms with Crippen molar-refractivity contribution >= 4 is 34.4 Å². The summed E-state index contributed by atoms with van der Waals surface area (Å²) in [5, 5.41) is 8.71. The van der Waals surface area contributed by atoms with E-state index in [4.69, 9.17) is 14.4 Å². The maximum atomic E-state index is 12.6. The lowest BCUT2D eigenvalue weighted by Gasteiger charge is -2.34. The number of rotatable bonds is 4. The highest BCUT2D eigenvalue weighted by molar-refractivity contribution is 5.92. The minimum Gasteiger partial charge on any atom is -0.459 e. The molecule has 0 radical (unpaired) electrons. The Kier molecular flexibility index (Phi) is 5.01. The molecule has 164 valence electrons. The number of furan rings is 1. The zero-order valence-electron chi connectivity index (χ0n) is 18.4. The monoisotopic (exact) mass is 431 g/mol. The fraction of sp³-hybridized carbons (Fsp3) is 0.304. The van der Waals surface area contributed by atoms with Crippen LogP contribution in [0, 0.1) is 13.8 Å². The number of hydrogen-bond acceptors (Lipinski definition) is 7. The Morgan fingerprint density at radius 3 is 2.62 bits per heavy atom. The molecular formula is C23H25N7O2. The quantitative estimate of drug-likeness (QED) is 0.530. The number of hydrogen-bond donors (Lipinski definition) is 1. The topological polar surface area (TPSA) is 92.3 Å². The van der Waals surface area contributed by atoms with Gasteiger partial charge in [0.15, 0.2) is 11.4 Å². The number of aromatic nitrogens is 4. The van der Waals surface area contributed by atoms with Gasteiger partial charge in [0.25, 0.3) is 5.91 Å². The van der Waals surface area contributed by atoms with Crippen LogP contribution in [-0.4, -0.2) is 56.7 Å². The molecule has 1 fully saturated rings. The molecule has 1 aliphatic rings. The van der Waals surface area contributed by atoms with Crippen LogP contribution < -0.4 is 10.2 Å². The van der Waals surface area contributed by atoms with E-state index in [1.807, 2.05) is 7.05 Å². The fourth-order valence-electron chi connectivity index (χ4n) is 3.99. The summed E-state index contributed by atoms with van der Waals surface area (Å²) in [6.07, 6.45) is 3.30. The Morgan fingerprint density at radius 2 is 1.91 bits per heavy atom. The van der Waals surface area contributed by atoms with Gasteiger partial charge in [-0.15, -0.1) is 0 Å². The van der Waals surface area contributed by atoms with Crippen molar-refractivity contribution in [1.29, 1.82) is 0 Å². The highest BCUT2D eigenvalue weighted by Gasteiger charge is 2.26. The summed E-state index contributed by atoms with van der Waals surface area (Å²) >= 11 is 0. The summed E-state index contributed by atoms with van der Waals surface area (Å²) < 4.78 is 7.01. The first-order valence-electron chi connectivity index (χ1n) is 10.6. The number of nitrogens with zero attached hydrogens (tertiary/aromatic N) is 6. The Balaban J connectivity index is 1.41. The predicted molar refractivity (Wildman–Crippen MR) is 122 cm³/mol. The molecule has 1 aliphatic heterocycles. The lowest BCUT2D eigenvalue weighted by atomic mass is 10.1. The average molecular weight is 432 g/mol. The van der Waals surface area contributed by atoms with Crippen LogP contribution in [0.15, 0.2) is 47.2 Å². The number of amides is 1. The molecule has 3 aromatic heterocycles. The largest absolute Gasteiger partial charge is 0.459 e. The van der Waals surface area contributed by atoms with Gasteiger partial charge in [-0.25, -0.2) is 0 Å². The molecule has 32 heavy (non-hydrogen) atoms. The van der Waals surface area contributed by atoms with E-state index in [-0.39, 0.29) is 5.91 Å². The van der Waals surface area contributed by atoms with Crippen LogP contribution >= 0.6 is 0 Å². The molecule has 1 amide bonds. The van der Waals surface area contributed by atoms with Crippen molar-refractivity contribution in [1.82, 2.24) is 24.6 Å². The van der Waals surface area contributed by atoms with Crippen molar-refractivity contribution < 1.29 is 9.21 Å². The molecule has 5 rings (SSSR count). The van der Waals surface area contributed by atoms with Crippen LogP contribution in [0.2, 0.25) is 0 Å². The molecule has 1 N–H and O–H groups in total. The van der Waals surface area contributed by atoms with E-state index in [2.05, 4.69) is 47.4 Å². The number of fused-ring (bicyclic) bond motifs is 1. The highest BCUT2D eigenvalue weighted by atomic mass is 16.3. The smallest absolute Gasteiger partial charge is 0.289 e. The lowest BCUT2D eigenvalue weighted by Crippen LogP contribution is -2.49. The van der Waals surface area contributed by atoms with E-state index in [1.54, 1.807) is 27.9 Å². The molecule has 1 saturated heterocycles. The summed E-state index contributed by atoms with van der Waals surface area (Å²) in [7, 11) is 1.87. The van der Waals surface area contributed by atoms with E-state index in [1.165, 1.54) is 11.8 Å². The van der Waals surface area contributed by atoms with Crippen molar-refractivity contribution in [2.45, 2.75) is 13.8 Å². The number of piperazine rings is 1. The van der Waals surface area contributed by atoms with Crippen molar-refractivity contribution in [3.63, 3.8) is 0 Å². The van der Waals surface area contributed by atoms with E-state index in [9.17, 15) is 4.79 Å². The van der Waals surface area contributed by atoms with Gasteiger partial charge in [0, 0.05) is 38.9 Å². The second-order valence-corrected chi connectivity index (χ2v) is 8.08. The summed E-state index contributed by atoms with van der Waals surface area (Å²) in [5.74, 6) is 1.62. The molecule has 1 aromatic carbocycles. The molecule has 9 nitrogen and oxygen atoms in total. The van der Waals surface area contributed by atoms with Crippen LogP contribution in [-0.2, 0) is 7.05 Å². The first-order chi connectivity index (χ1) is 15.5. The van der Waals surface area contributed by atoms with Gasteiger partial charge in [0.2, 0.25) is 5.95 Å². The summed E-state index contributed by atoms with van der Waals surface area (Å²) in [4.78, 5) is 26.1. The van der Waals surface area contributed by atoms with Crippen molar-refractivity contribution in [3.8, 4) is 0 Å². The highest BCUT2D eigenvalue weighted by Crippen LogP contribution is 2.28. The van der Waals surface area contributed by atoms with Gasteiger partial charge in [-0.2, -0.15) is 15.1 Å². The van der Waals surface area contributed by atoms with Crippen molar-refractivity contribution in [3.05, 3.63) is 59.7 Å². The predicted octanol–water partition coefficient (Wildman–Crippen LogP) is 3.28. The van der Waals surface area contributed by atoms with Crippen LogP contribution in [0.5, 0.6) is 0 Å². The molecule has 0 saturated carbocycles. The number of anilines is 3. The van der Waals surface area contributed by atoms with E-state index < -0.39 is 0 Å². The fourth-order valence-corrected chi connectivity index (χ4v) is 3.99. The van der Waals surface area contributed by atoms with E-state index >= 15 is 0 Å². The van der Waals surface area contributed by atoms with Gasteiger partial charge in [-0.05, 0) is 37.6 Å². The van der Waals surface area contributed by atoms with Crippen LogP contribution in [0.4, 0.5) is 17.5 Å². The first-order valence-corrected chi connectivity index (χ1v) is 10.6. The third kappa shape index (κ3) is 3.66. The van der Waals surface area contributed by atoms with Gasteiger partial charge in [-0.1, -0.05) is 17.7 Å². The van der Waals surface area contributed by atoms with E-state index in [0.29, 0.717) is 37.9 Å². The molecule has 4 aromatic rings. The van der Waals surface area contributed by atoms with Crippen LogP contribution in [0.25, 0.3) is 11.0 Å². The molecule has 0 aliphatic carbocycles.